The average molecular weight is 268 g/mol. The summed E-state index contributed by atoms with van der Waals surface area (Å²) in [7, 11) is 0. The molecule has 4 nitrogen and oxygen atoms in total. The van der Waals surface area contributed by atoms with Gasteiger partial charge in [-0.05, 0) is 38.6 Å². The fourth-order valence-electron chi connectivity index (χ4n) is 3.22. The van der Waals surface area contributed by atoms with Gasteiger partial charge >= 0.3 is 0 Å². The third kappa shape index (κ3) is 3.69. The lowest BCUT2D eigenvalue weighted by Gasteiger charge is -2.34. The highest BCUT2D eigenvalue weighted by Crippen LogP contribution is 2.26. The molecule has 2 rings (SSSR count). The number of piperidine rings is 1. The first-order valence-electron chi connectivity index (χ1n) is 7.90. The van der Waals surface area contributed by atoms with Crippen molar-refractivity contribution in [1.82, 2.24) is 10.2 Å². The van der Waals surface area contributed by atoms with E-state index in [2.05, 4.69) is 24.1 Å². The van der Waals surface area contributed by atoms with Gasteiger partial charge in [-0.15, -0.1) is 0 Å². The monoisotopic (exact) mass is 268 g/mol. The minimum absolute atomic E-state index is 0.116. The Morgan fingerprint density at radius 2 is 2.00 bits per heavy atom. The van der Waals surface area contributed by atoms with Crippen molar-refractivity contribution in [3.8, 4) is 0 Å². The SMILES string of the molecule is CCCNC1CCN(C(=O)C2CCOC2CC)CC1. The number of amides is 1. The van der Waals surface area contributed by atoms with E-state index in [1.54, 1.807) is 0 Å². The van der Waals surface area contributed by atoms with Gasteiger partial charge in [-0.2, -0.15) is 0 Å². The van der Waals surface area contributed by atoms with E-state index in [4.69, 9.17) is 4.74 Å². The van der Waals surface area contributed by atoms with E-state index in [0.717, 1.165) is 51.9 Å². The van der Waals surface area contributed by atoms with Crippen LogP contribution in [-0.2, 0) is 9.53 Å². The van der Waals surface area contributed by atoms with Gasteiger partial charge in [0.05, 0.1) is 12.0 Å². The molecule has 0 radical (unpaired) electrons. The molecule has 2 aliphatic rings. The zero-order chi connectivity index (χ0) is 13.7. The van der Waals surface area contributed by atoms with Crippen LogP contribution in [0.25, 0.3) is 0 Å². The number of carbonyl (C=O) groups is 1. The molecular weight excluding hydrogens is 240 g/mol. The molecule has 2 aliphatic heterocycles. The van der Waals surface area contributed by atoms with E-state index < -0.39 is 0 Å². The summed E-state index contributed by atoms with van der Waals surface area (Å²) in [4.78, 5) is 14.6. The van der Waals surface area contributed by atoms with Crippen molar-refractivity contribution in [2.24, 2.45) is 5.92 Å². The molecule has 0 bridgehead atoms. The molecule has 2 heterocycles. The van der Waals surface area contributed by atoms with Crippen molar-refractivity contribution in [1.29, 1.82) is 0 Å². The summed E-state index contributed by atoms with van der Waals surface area (Å²) >= 11 is 0. The van der Waals surface area contributed by atoms with Crippen molar-refractivity contribution in [3.05, 3.63) is 0 Å². The van der Waals surface area contributed by atoms with Crippen LogP contribution in [0.4, 0.5) is 0 Å². The molecule has 2 fully saturated rings. The molecule has 110 valence electrons. The van der Waals surface area contributed by atoms with Crippen molar-refractivity contribution in [3.63, 3.8) is 0 Å². The summed E-state index contributed by atoms with van der Waals surface area (Å²) in [6, 6.07) is 0.603. The predicted molar refractivity (Wildman–Crippen MR) is 76.0 cm³/mol. The van der Waals surface area contributed by atoms with E-state index in [1.165, 1.54) is 6.42 Å². The Balaban J connectivity index is 1.79. The van der Waals surface area contributed by atoms with Gasteiger partial charge in [0.25, 0.3) is 0 Å². The van der Waals surface area contributed by atoms with Crippen LogP contribution in [0.3, 0.4) is 0 Å². The van der Waals surface area contributed by atoms with Gasteiger partial charge in [-0.3, -0.25) is 4.79 Å². The van der Waals surface area contributed by atoms with Gasteiger partial charge in [0.1, 0.15) is 0 Å². The van der Waals surface area contributed by atoms with Crippen LogP contribution in [0, 0.1) is 5.92 Å². The van der Waals surface area contributed by atoms with Crippen LogP contribution < -0.4 is 5.32 Å². The summed E-state index contributed by atoms with van der Waals surface area (Å²) in [6.45, 7) is 7.96. The zero-order valence-electron chi connectivity index (χ0n) is 12.4. The molecule has 4 heteroatoms. The molecule has 19 heavy (non-hydrogen) atoms. The Hall–Kier alpha value is -0.610. The second-order valence-corrected chi connectivity index (χ2v) is 5.77. The Kier molecular flexibility index (Phi) is 5.64. The number of rotatable bonds is 5. The molecule has 0 aliphatic carbocycles. The number of nitrogens with one attached hydrogen (secondary N) is 1. The van der Waals surface area contributed by atoms with Gasteiger partial charge in [0.2, 0.25) is 5.91 Å². The predicted octanol–water partition coefficient (Wildman–Crippen LogP) is 1.79. The molecule has 1 N–H and O–H groups in total. The lowest BCUT2D eigenvalue weighted by Crippen LogP contribution is -2.48. The Morgan fingerprint density at radius 3 is 2.63 bits per heavy atom. The highest BCUT2D eigenvalue weighted by Gasteiger charge is 2.36. The molecule has 0 aromatic rings. The smallest absolute Gasteiger partial charge is 0.228 e. The number of ether oxygens (including phenoxy) is 1. The second-order valence-electron chi connectivity index (χ2n) is 5.77. The number of nitrogens with zero attached hydrogens (tertiary/aromatic N) is 1. The highest BCUT2D eigenvalue weighted by molar-refractivity contribution is 5.79. The van der Waals surface area contributed by atoms with Gasteiger partial charge < -0.3 is 15.0 Å². The first-order valence-corrected chi connectivity index (χ1v) is 7.90. The Labute approximate surface area is 116 Å². The normalized spacial score (nSPS) is 28.8. The molecule has 0 spiro atoms. The molecule has 2 atom stereocenters. The van der Waals surface area contributed by atoms with E-state index in [0.29, 0.717) is 11.9 Å². The number of likely N-dealkylation sites (tertiary alicyclic amines) is 1. The lowest BCUT2D eigenvalue weighted by atomic mass is 9.96. The summed E-state index contributed by atoms with van der Waals surface area (Å²) in [5.41, 5.74) is 0. The van der Waals surface area contributed by atoms with Crippen LogP contribution in [0.1, 0.15) is 46.0 Å². The molecule has 0 saturated carbocycles. The third-order valence-corrected chi connectivity index (χ3v) is 4.42. The second kappa shape index (κ2) is 7.25. The molecular formula is C15H28N2O2. The van der Waals surface area contributed by atoms with E-state index in [9.17, 15) is 4.79 Å². The fraction of sp³-hybridized carbons (Fsp3) is 0.933. The van der Waals surface area contributed by atoms with Gasteiger partial charge in [0.15, 0.2) is 0 Å². The minimum atomic E-state index is 0.116. The summed E-state index contributed by atoms with van der Waals surface area (Å²) in [6.07, 6.45) is 5.38. The molecule has 0 aromatic carbocycles. The third-order valence-electron chi connectivity index (χ3n) is 4.42. The van der Waals surface area contributed by atoms with Crippen LogP contribution >= 0.6 is 0 Å². The maximum Gasteiger partial charge on any atom is 0.228 e. The van der Waals surface area contributed by atoms with Crippen molar-refractivity contribution < 1.29 is 9.53 Å². The number of carbonyl (C=O) groups excluding carboxylic acids is 1. The summed E-state index contributed by atoms with van der Waals surface area (Å²) < 4.78 is 5.64. The minimum Gasteiger partial charge on any atom is -0.377 e. The van der Waals surface area contributed by atoms with Crippen LogP contribution in [0.2, 0.25) is 0 Å². The van der Waals surface area contributed by atoms with E-state index >= 15 is 0 Å². The largest absolute Gasteiger partial charge is 0.377 e. The first kappa shape index (κ1) is 14.8. The highest BCUT2D eigenvalue weighted by atomic mass is 16.5. The van der Waals surface area contributed by atoms with Crippen LogP contribution in [0.15, 0.2) is 0 Å². The zero-order valence-corrected chi connectivity index (χ0v) is 12.4. The van der Waals surface area contributed by atoms with Crippen LogP contribution in [-0.4, -0.2) is 49.2 Å². The van der Waals surface area contributed by atoms with Crippen molar-refractivity contribution in [2.45, 2.75) is 58.1 Å². The summed E-state index contributed by atoms with van der Waals surface area (Å²) in [5.74, 6) is 0.448. The molecule has 2 saturated heterocycles. The Morgan fingerprint density at radius 1 is 1.26 bits per heavy atom. The quantitative estimate of drug-likeness (QED) is 0.826. The van der Waals surface area contributed by atoms with E-state index in [1.807, 2.05) is 0 Å². The maximum atomic E-state index is 12.5. The summed E-state index contributed by atoms with van der Waals surface area (Å²) in [5, 5.41) is 3.56. The van der Waals surface area contributed by atoms with Crippen molar-refractivity contribution >= 4 is 5.91 Å². The topological polar surface area (TPSA) is 41.6 Å². The molecule has 0 aromatic heterocycles. The maximum absolute atomic E-state index is 12.5. The van der Waals surface area contributed by atoms with E-state index in [-0.39, 0.29) is 12.0 Å². The van der Waals surface area contributed by atoms with Crippen molar-refractivity contribution in [2.75, 3.05) is 26.2 Å². The lowest BCUT2D eigenvalue weighted by molar-refractivity contribution is -0.138. The standard InChI is InChI=1S/C15H28N2O2/c1-3-8-16-12-5-9-17(10-6-12)15(18)13-7-11-19-14(13)4-2/h12-14,16H,3-11H2,1-2H3. The number of hydrogen-bond donors (Lipinski definition) is 1. The van der Waals surface area contributed by atoms with Crippen LogP contribution in [0.5, 0.6) is 0 Å². The average Bonchev–Trinajstić information content (AvgIpc) is 2.93. The van der Waals surface area contributed by atoms with Gasteiger partial charge in [-0.1, -0.05) is 13.8 Å². The molecule has 1 amide bonds. The number of hydrogen-bond acceptors (Lipinski definition) is 3. The molecule has 2 unspecified atom stereocenters. The first-order chi connectivity index (χ1) is 9.26. The fourth-order valence-corrected chi connectivity index (χ4v) is 3.22. The Bertz CT molecular complexity index is 288. The van der Waals surface area contributed by atoms with Gasteiger partial charge in [-0.25, -0.2) is 0 Å². The van der Waals surface area contributed by atoms with Gasteiger partial charge in [0, 0.05) is 25.7 Å².